The lowest BCUT2D eigenvalue weighted by Gasteiger charge is -2.33. The molecule has 0 aromatic rings. The molecule has 0 aromatic heterocycles. The summed E-state index contributed by atoms with van der Waals surface area (Å²) in [5, 5.41) is 3.07. The predicted molar refractivity (Wildman–Crippen MR) is 111 cm³/mol. The third-order valence-electron chi connectivity index (χ3n) is 4.78. The number of ether oxygens (including phenoxy) is 1. The van der Waals surface area contributed by atoms with E-state index in [2.05, 4.69) is 24.1 Å². The van der Waals surface area contributed by atoms with Crippen LogP contribution in [0.15, 0.2) is 36.3 Å². The number of amides is 2. The normalized spacial score (nSPS) is 18.1. The molecule has 1 fully saturated rings. The molecule has 2 rings (SSSR count). The Kier molecular flexibility index (Phi) is 7.72. The summed E-state index contributed by atoms with van der Waals surface area (Å²) in [7, 11) is 0. The average molecular weight is 390 g/mol. The van der Waals surface area contributed by atoms with Crippen molar-refractivity contribution in [1.29, 1.82) is 0 Å². The van der Waals surface area contributed by atoms with Gasteiger partial charge in [-0.1, -0.05) is 13.8 Å². The van der Waals surface area contributed by atoms with Crippen molar-refractivity contribution in [3.05, 3.63) is 36.3 Å². The maximum absolute atomic E-state index is 12.3. The summed E-state index contributed by atoms with van der Waals surface area (Å²) in [5.74, 6) is 0.874. The molecule has 1 saturated heterocycles. The Bertz CT molecular complexity index is 636. The number of hydrogen-bond acceptors (Lipinski definition) is 4. The molecule has 0 bridgehead atoms. The highest BCUT2D eigenvalue weighted by Crippen LogP contribution is 2.23. The van der Waals surface area contributed by atoms with E-state index in [0.717, 1.165) is 44.6 Å². The van der Waals surface area contributed by atoms with Crippen molar-refractivity contribution in [1.82, 2.24) is 15.1 Å². The minimum absolute atomic E-state index is 0.0903. The predicted octanol–water partition coefficient (Wildman–Crippen LogP) is 4.02. The quantitative estimate of drug-likeness (QED) is 0.771. The maximum Gasteiger partial charge on any atom is 0.418 e. The molecular formula is C22H35N3O3. The van der Waals surface area contributed by atoms with Gasteiger partial charge in [0.2, 0.25) is 5.91 Å². The number of carbonyl (C=O) groups is 2. The summed E-state index contributed by atoms with van der Waals surface area (Å²) in [6.07, 6.45) is 11.5. The molecule has 0 atom stereocenters. The molecule has 28 heavy (non-hydrogen) atoms. The number of carbonyl (C=O) groups excluding carboxylic acids is 2. The Morgan fingerprint density at radius 1 is 1.21 bits per heavy atom. The first-order valence-electron chi connectivity index (χ1n) is 10.3. The first-order chi connectivity index (χ1) is 13.2. The smallest absolute Gasteiger partial charge is 0.418 e. The molecule has 1 N–H and O–H groups in total. The van der Waals surface area contributed by atoms with Crippen LogP contribution in [0.4, 0.5) is 4.79 Å². The lowest BCUT2D eigenvalue weighted by molar-refractivity contribution is -0.126. The van der Waals surface area contributed by atoms with Gasteiger partial charge < -0.3 is 15.0 Å². The molecule has 156 valence electrons. The molecule has 0 radical (unpaired) electrons. The van der Waals surface area contributed by atoms with E-state index in [0.29, 0.717) is 5.92 Å². The van der Waals surface area contributed by atoms with Crippen LogP contribution in [-0.4, -0.2) is 47.0 Å². The van der Waals surface area contributed by atoms with Crippen LogP contribution < -0.4 is 5.32 Å². The molecule has 0 unspecified atom stereocenters. The second-order valence-electron chi connectivity index (χ2n) is 8.87. The SMILES string of the molecule is CC(C)CCNC(=O)C1CCN(C2=CC=CN(C(=O)OC(C)(C)C)C=C2)CC1. The highest BCUT2D eigenvalue weighted by atomic mass is 16.6. The zero-order chi connectivity index (χ0) is 20.7. The monoisotopic (exact) mass is 389 g/mol. The summed E-state index contributed by atoms with van der Waals surface area (Å²) in [6.45, 7) is 12.3. The second-order valence-corrected chi connectivity index (χ2v) is 8.87. The van der Waals surface area contributed by atoms with Gasteiger partial charge in [-0.05, 0) is 64.2 Å². The fourth-order valence-electron chi connectivity index (χ4n) is 3.17. The Hall–Kier alpha value is -2.24. The Balaban J connectivity index is 1.84. The number of nitrogens with zero attached hydrogens (tertiary/aromatic N) is 2. The van der Waals surface area contributed by atoms with E-state index in [4.69, 9.17) is 4.74 Å². The van der Waals surface area contributed by atoms with Crippen molar-refractivity contribution in [2.45, 2.75) is 59.5 Å². The van der Waals surface area contributed by atoms with Gasteiger partial charge in [-0.3, -0.25) is 9.69 Å². The van der Waals surface area contributed by atoms with Crippen LogP contribution in [-0.2, 0) is 9.53 Å². The van der Waals surface area contributed by atoms with Gasteiger partial charge in [0.25, 0.3) is 0 Å². The van der Waals surface area contributed by atoms with Crippen LogP contribution in [0, 0.1) is 11.8 Å². The Labute approximate surface area is 169 Å². The van der Waals surface area contributed by atoms with Gasteiger partial charge in [0.05, 0.1) is 0 Å². The third-order valence-corrected chi connectivity index (χ3v) is 4.78. The first kappa shape index (κ1) is 22.1. The van der Waals surface area contributed by atoms with E-state index in [9.17, 15) is 9.59 Å². The lowest BCUT2D eigenvalue weighted by Crippen LogP contribution is -2.40. The van der Waals surface area contributed by atoms with Gasteiger partial charge in [0.1, 0.15) is 5.60 Å². The minimum Gasteiger partial charge on any atom is -0.443 e. The third kappa shape index (κ3) is 7.06. The standard InChI is InChI=1S/C22H35N3O3/c1-17(2)8-12-23-20(26)18-9-14-24(15-10-18)19-7-6-13-25(16-11-19)21(27)28-22(3,4)5/h6-7,11,13,16-18H,8-10,12,14-15H2,1-5H3,(H,23,26). The van der Waals surface area contributed by atoms with Crippen molar-refractivity contribution < 1.29 is 14.3 Å². The van der Waals surface area contributed by atoms with Crippen molar-refractivity contribution in [2.75, 3.05) is 19.6 Å². The molecule has 0 aromatic carbocycles. The number of piperidine rings is 1. The molecule has 2 heterocycles. The molecule has 0 saturated carbocycles. The average Bonchev–Trinajstić information content (AvgIpc) is 2.86. The summed E-state index contributed by atoms with van der Waals surface area (Å²) in [4.78, 5) is 28.2. The highest BCUT2D eigenvalue weighted by Gasteiger charge is 2.26. The van der Waals surface area contributed by atoms with Gasteiger partial charge in [-0.25, -0.2) is 4.79 Å². The number of nitrogens with one attached hydrogen (secondary N) is 1. The van der Waals surface area contributed by atoms with Crippen LogP contribution in [0.5, 0.6) is 0 Å². The van der Waals surface area contributed by atoms with Crippen molar-refractivity contribution in [3.8, 4) is 0 Å². The zero-order valence-electron chi connectivity index (χ0n) is 17.9. The molecule has 2 amide bonds. The van der Waals surface area contributed by atoms with Crippen LogP contribution in [0.2, 0.25) is 0 Å². The lowest BCUT2D eigenvalue weighted by atomic mass is 9.95. The summed E-state index contributed by atoms with van der Waals surface area (Å²) >= 11 is 0. The van der Waals surface area contributed by atoms with Crippen LogP contribution in [0.3, 0.4) is 0 Å². The van der Waals surface area contributed by atoms with Gasteiger partial charge in [-0.2, -0.15) is 0 Å². The van der Waals surface area contributed by atoms with E-state index in [1.54, 1.807) is 12.4 Å². The fraction of sp³-hybridized carbons (Fsp3) is 0.636. The van der Waals surface area contributed by atoms with Crippen LogP contribution in [0.1, 0.15) is 53.9 Å². The maximum atomic E-state index is 12.3. The molecule has 2 aliphatic heterocycles. The van der Waals surface area contributed by atoms with Crippen molar-refractivity contribution in [3.63, 3.8) is 0 Å². The fourth-order valence-corrected chi connectivity index (χ4v) is 3.17. The van der Waals surface area contributed by atoms with Crippen LogP contribution in [0.25, 0.3) is 0 Å². The molecule has 6 nitrogen and oxygen atoms in total. The van der Waals surface area contributed by atoms with Crippen LogP contribution >= 0.6 is 0 Å². The van der Waals surface area contributed by atoms with Crippen molar-refractivity contribution >= 4 is 12.0 Å². The molecule has 6 heteroatoms. The van der Waals surface area contributed by atoms with E-state index in [-0.39, 0.29) is 11.8 Å². The second kappa shape index (κ2) is 9.80. The zero-order valence-corrected chi connectivity index (χ0v) is 17.9. The van der Waals surface area contributed by atoms with E-state index >= 15 is 0 Å². The topological polar surface area (TPSA) is 61.9 Å². The Morgan fingerprint density at radius 2 is 1.89 bits per heavy atom. The number of likely N-dealkylation sites (tertiary alicyclic amines) is 1. The molecule has 0 spiro atoms. The summed E-state index contributed by atoms with van der Waals surface area (Å²) in [5.41, 5.74) is 0.514. The minimum atomic E-state index is -0.529. The highest BCUT2D eigenvalue weighted by molar-refractivity contribution is 5.78. The van der Waals surface area contributed by atoms with Gasteiger partial charge in [0, 0.05) is 43.6 Å². The van der Waals surface area contributed by atoms with E-state index < -0.39 is 11.7 Å². The largest absolute Gasteiger partial charge is 0.443 e. The summed E-state index contributed by atoms with van der Waals surface area (Å²) < 4.78 is 5.40. The summed E-state index contributed by atoms with van der Waals surface area (Å²) in [6, 6.07) is 0. The van der Waals surface area contributed by atoms with E-state index in [1.807, 2.05) is 39.0 Å². The van der Waals surface area contributed by atoms with Gasteiger partial charge >= 0.3 is 6.09 Å². The van der Waals surface area contributed by atoms with Crippen molar-refractivity contribution in [2.24, 2.45) is 11.8 Å². The molecule has 0 aliphatic carbocycles. The Morgan fingerprint density at radius 3 is 2.50 bits per heavy atom. The van der Waals surface area contributed by atoms with Gasteiger partial charge in [-0.15, -0.1) is 0 Å². The van der Waals surface area contributed by atoms with Gasteiger partial charge in [0.15, 0.2) is 0 Å². The molecule has 2 aliphatic rings. The number of rotatable bonds is 5. The molecular weight excluding hydrogens is 354 g/mol. The number of hydrogen-bond donors (Lipinski definition) is 1. The first-order valence-corrected chi connectivity index (χ1v) is 10.3. The number of allylic oxidation sites excluding steroid dienone is 3. The van der Waals surface area contributed by atoms with E-state index in [1.165, 1.54) is 4.90 Å².